The predicted molar refractivity (Wildman–Crippen MR) is 323 cm³/mol. The van der Waals surface area contributed by atoms with E-state index >= 15 is 0 Å². The molecule has 0 saturated carbocycles. The quantitative estimate of drug-likeness (QED) is 0.0202. The maximum atomic E-state index is 13.4. The summed E-state index contributed by atoms with van der Waals surface area (Å²) in [5.41, 5.74) is 0. The summed E-state index contributed by atoms with van der Waals surface area (Å²) in [6.07, 6.45) is 24.3. The van der Waals surface area contributed by atoms with E-state index in [2.05, 4.69) is 31.3 Å². The van der Waals surface area contributed by atoms with Gasteiger partial charge in [0.1, 0.15) is 73.2 Å². The predicted octanol–water partition coefficient (Wildman–Crippen LogP) is 8.11. The fourth-order valence-corrected chi connectivity index (χ4v) is 11.8. The molecule has 0 aliphatic carbocycles. The molecule has 1 amide bonds. The number of hydrogen-bond donors (Lipinski definition) is 12. The Bertz CT molecular complexity index is 1580. The maximum Gasteiger partial charge on any atom is 0.220 e. The first kappa shape index (κ1) is 76.8. The highest BCUT2D eigenvalue weighted by Crippen LogP contribution is 2.33. The third-order valence-electron chi connectivity index (χ3n) is 17.3. The minimum absolute atomic E-state index is 0.240. The molecule has 84 heavy (non-hydrogen) atoms. The molecule has 19 heteroatoms. The van der Waals surface area contributed by atoms with Crippen molar-refractivity contribution in [2.45, 2.75) is 369 Å². The third kappa shape index (κ3) is 30.8. The smallest absolute Gasteiger partial charge is 0.220 e. The number of nitrogens with one attached hydrogen (secondary N) is 1. The molecule has 17 unspecified atom stereocenters. The number of allylic oxidation sites excluding steroid dienone is 2. The zero-order valence-corrected chi connectivity index (χ0v) is 52.2. The number of ether oxygens (including phenoxy) is 6. The van der Waals surface area contributed by atoms with Gasteiger partial charge in [-0.15, -0.1) is 0 Å². The molecule has 0 aromatic heterocycles. The molecular weight excluding hydrogens is 1080 g/mol. The summed E-state index contributed by atoms with van der Waals surface area (Å²) >= 11 is 0. The Hall–Kier alpha value is -1.47. The lowest BCUT2D eigenvalue weighted by Crippen LogP contribution is -2.66. The van der Waals surface area contributed by atoms with Gasteiger partial charge in [-0.05, 0) is 38.5 Å². The lowest BCUT2D eigenvalue weighted by Gasteiger charge is -2.48. The van der Waals surface area contributed by atoms with E-state index in [0.717, 1.165) is 44.9 Å². The monoisotopic (exact) mass is 1210 g/mol. The van der Waals surface area contributed by atoms with Gasteiger partial charge >= 0.3 is 0 Å². The zero-order valence-electron chi connectivity index (χ0n) is 52.2. The normalized spacial score (nSPS) is 29.2. The van der Waals surface area contributed by atoms with Crippen LogP contribution >= 0.6 is 0 Å². The molecule has 3 heterocycles. The molecule has 17 atom stereocenters. The highest BCUT2D eigenvalue weighted by Gasteiger charge is 2.53. The standard InChI is InChI=1S/C65H123NO18/c1-3-5-7-9-11-13-15-17-19-21-22-23-24-25-26-27-29-31-33-35-37-39-41-43-53(71)66-48(49(70)42-40-38-36-34-32-30-28-20-18-16-14-12-10-8-6-4-2)47-79-63-59(77)56(74)61(51(45-68)81-63)84-65-60(78)57(75)62(52(46-69)82-65)83-64-58(76)55(73)54(72)50(44-67)80-64/h21-22,48-52,54-65,67-70,72-78H,3-20,23-47H2,1-2H3,(H,66,71)/b22-21-. The van der Waals surface area contributed by atoms with Gasteiger partial charge < -0.3 is 89.9 Å². The number of rotatable bonds is 52. The van der Waals surface area contributed by atoms with Crippen LogP contribution in [0.2, 0.25) is 0 Å². The van der Waals surface area contributed by atoms with Crippen LogP contribution in [-0.4, -0.2) is 193 Å². The SMILES string of the molecule is CCCCCCCCCC/C=C\CCCCCCCCCCCCCC(=O)NC(COC1OC(CO)C(OC2OC(CO)C(OC3OC(CO)C(O)C(O)C3O)C(O)C2O)C(O)C1O)C(O)CCCCCCCCCCCCCCCCCC. The minimum Gasteiger partial charge on any atom is -0.394 e. The van der Waals surface area contributed by atoms with Gasteiger partial charge in [-0.3, -0.25) is 4.79 Å². The van der Waals surface area contributed by atoms with E-state index in [1.54, 1.807) is 0 Å². The average Bonchev–Trinajstić information content (AvgIpc) is 3.69. The summed E-state index contributed by atoms with van der Waals surface area (Å²) in [7, 11) is 0. The molecule has 0 bridgehead atoms. The number of unbranched alkanes of at least 4 members (excludes halogenated alkanes) is 34. The van der Waals surface area contributed by atoms with Gasteiger partial charge in [0.2, 0.25) is 5.91 Å². The molecule has 0 aromatic rings. The van der Waals surface area contributed by atoms with Crippen molar-refractivity contribution in [1.82, 2.24) is 5.32 Å². The van der Waals surface area contributed by atoms with Gasteiger partial charge in [0.15, 0.2) is 18.9 Å². The van der Waals surface area contributed by atoms with Crippen LogP contribution in [0, 0.1) is 0 Å². The summed E-state index contributed by atoms with van der Waals surface area (Å²) < 4.78 is 34.4. The Kier molecular flexibility index (Phi) is 44.2. The first-order valence-corrected chi connectivity index (χ1v) is 33.9. The van der Waals surface area contributed by atoms with Crippen LogP contribution in [0.15, 0.2) is 12.2 Å². The van der Waals surface area contributed by atoms with Crippen LogP contribution in [0.5, 0.6) is 0 Å². The Morgan fingerprint density at radius 1 is 0.417 bits per heavy atom. The van der Waals surface area contributed by atoms with E-state index in [9.17, 15) is 61.0 Å². The number of aliphatic hydroxyl groups excluding tert-OH is 11. The van der Waals surface area contributed by atoms with Crippen LogP contribution in [-0.2, 0) is 33.2 Å². The lowest BCUT2D eigenvalue weighted by atomic mass is 9.96. The third-order valence-corrected chi connectivity index (χ3v) is 17.3. The van der Waals surface area contributed by atoms with E-state index in [4.69, 9.17) is 28.4 Å². The van der Waals surface area contributed by atoms with Crippen LogP contribution in [0.4, 0.5) is 0 Å². The van der Waals surface area contributed by atoms with Gasteiger partial charge in [0.25, 0.3) is 0 Å². The molecule has 3 aliphatic heterocycles. The molecule has 0 radical (unpaired) electrons. The van der Waals surface area contributed by atoms with Crippen molar-refractivity contribution in [3.63, 3.8) is 0 Å². The molecule has 3 aliphatic rings. The van der Waals surface area contributed by atoms with Crippen LogP contribution in [0.3, 0.4) is 0 Å². The van der Waals surface area contributed by atoms with E-state index in [0.29, 0.717) is 12.8 Å². The van der Waals surface area contributed by atoms with Crippen molar-refractivity contribution >= 4 is 5.91 Å². The van der Waals surface area contributed by atoms with Crippen LogP contribution < -0.4 is 5.32 Å². The number of amides is 1. The Balaban J connectivity index is 1.44. The second kappa shape index (κ2) is 48.4. The molecule has 19 nitrogen and oxygen atoms in total. The number of carbonyl (C=O) groups is 1. The Morgan fingerprint density at radius 2 is 0.750 bits per heavy atom. The van der Waals surface area contributed by atoms with Crippen molar-refractivity contribution in [2.24, 2.45) is 0 Å². The second-order valence-corrected chi connectivity index (χ2v) is 24.6. The lowest BCUT2D eigenvalue weighted by molar-refractivity contribution is -0.379. The van der Waals surface area contributed by atoms with Gasteiger partial charge in [-0.25, -0.2) is 0 Å². The van der Waals surface area contributed by atoms with E-state index in [-0.39, 0.29) is 18.9 Å². The Morgan fingerprint density at radius 3 is 1.15 bits per heavy atom. The van der Waals surface area contributed by atoms with Crippen molar-refractivity contribution in [1.29, 1.82) is 0 Å². The average molecular weight is 1210 g/mol. The van der Waals surface area contributed by atoms with Gasteiger partial charge in [-0.1, -0.05) is 231 Å². The maximum absolute atomic E-state index is 13.4. The molecule has 3 saturated heterocycles. The first-order valence-electron chi connectivity index (χ1n) is 33.9. The van der Waals surface area contributed by atoms with Gasteiger partial charge in [0, 0.05) is 6.42 Å². The van der Waals surface area contributed by atoms with E-state index < -0.39 is 124 Å². The molecule has 3 fully saturated rings. The zero-order chi connectivity index (χ0) is 61.2. The summed E-state index contributed by atoms with van der Waals surface area (Å²) in [6.45, 7) is 1.82. The summed E-state index contributed by atoms with van der Waals surface area (Å²) in [5, 5.41) is 121. The molecular formula is C65H123NO18. The van der Waals surface area contributed by atoms with Crippen molar-refractivity contribution < 1.29 is 89.4 Å². The van der Waals surface area contributed by atoms with Crippen molar-refractivity contribution in [3.05, 3.63) is 12.2 Å². The largest absolute Gasteiger partial charge is 0.394 e. The topological polar surface area (TPSA) is 307 Å². The number of carbonyl (C=O) groups excluding carboxylic acids is 1. The minimum atomic E-state index is -1.97. The van der Waals surface area contributed by atoms with Gasteiger partial charge in [-0.2, -0.15) is 0 Å². The fourth-order valence-electron chi connectivity index (χ4n) is 11.8. The summed E-state index contributed by atoms with van der Waals surface area (Å²) in [4.78, 5) is 13.4. The molecule has 496 valence electrons. The molecule has 0 aromatic carbocycles. The van der Waals surface area contributed by atoms with E-state index in [1.807, 2.05) is 0 Å². The van der Waals surface area contributed by atoms with Crippen LogP contribution in [0.25, 0.3) is 0 Å². The molecule has 12 N–H and O–H groups in total. The van der Waals surface area contributed by atoms with Crippen molar-refractivity contribution in [3.8, 4) is 0 Å². The van der Waals surface area contributed by atoms with E-state index in [1.165, 1.54) is 186 Å². The Labute approximate surface area is 506 Å². The summed E-state index contributed by atoms with van der Waals surface area (Å²) in [5.74, 6) is -0.240. The fraction of sp³-hybridized carbons (Fsp3) is 0.954. The molecule has 3 rings (SSSR count). The number of hydrogen-bond acceptors (Lipinski definition) is 18. The van der Waals surface area contributed by atoms with Crippen LogP contribution in [0.1, 0.15) is 264 Å². The first-order chi connectivity index (χ1) is 40.8. The summed E-state index contributed by atoms with van der Waals surface area (Å²) in [6, 6.07) is -0.884. The number of aliphatic hydroxyl groups is 11. The highest BCUT2D eigenvalue weighted by molar-refractivity contribution is 5.76. The highest BCUT2D eigenvalue weighted by atomic mass is 16.8. The van der Waals surface area contributed by atoms with Gasteiger partial charge in [0.05, 0.1) is 38.6 Å². The second-order valence-electron chi connectivity index (χ2n) is 24.6. The molecule has 0 spiro atoms. The van der Waals surface area contributed by atoms with Crippen molar-refractivity contribution in [2.75, 3.05) is 26.4 Å².